The molecule has 0 unspecified atom stereocenters. The topological polar surface area (TPSA) is 78.9 Å². The predicted octanol–water partition coefficient (Wildman–Crippen LogP) is 5.07. The third kappa shape index (κ3) is 3.73. The van der Waals surface area contributed by atoms with Crippen molar-refractivity contribution in [3.63, 3.8) is 0 Å². The fourth-order valence-corrected chi connectivity index (χ4v) is 5.67. The highest BCUT2D eigenvalue weighted by Gasteiger charge is 2.65. The molecule has 4 rings (SSSR count). The molecule has 6 nitrogen and oxygen atoms in total. The van der Waals surface area contributed by atoms with Crippen molar-refractivity contribution >= 4 is 12.0 Å². The van der Waals surface area contributed by atoms with Crippen LogP contribution in [0, 0.1) is 11.2 Å². The van der Waals surface area contributed by atoms with Crippen molar-refractivity contribution in [3.05, 3.63) is 65.5 Å². The van der Waals surface area contributed by atoms with Crippen molar-refractivity contribution in [1.29, 1.82) is 0 Å². The maximum absolute atomic E-state index is 14.0. The van der Waals surface area contributed by atoms with Crippen LogP contribution in [0.25, 0.3) is 0 Å². The predicted molar refractivity (Wildman–Crippen MR) is 122 cm³/mol. The molecule has 2 amide bonds. The zero-order valence-corrected chi connectivity index (χ0v) is 19.4. The summed E-state index contributed by atoms with van der Waals surface area (Å²) < 4.78 is 19.9. The number of hydrogen-bond acceptors (Lipinski definition) is 3. The van der Waals surface area contributed by atoms with Gasteiger partial charge in [-0.15, -0.1) is 0 Å². The van der Waals surface area contributed by atoms with Crippen LogP contribution >= 0.6 is 0 Å². The first-order chi connectivity index (χ1) is 15.6. The number of amides is 2. The van der Waals surface area contributed by atoms with Crippen LogP contribution in [0.2, 0.25) is 0 Å². The lowest BCUT2D eigenvalue weighted by Gasteiger charge is -2.52. The van der Waals surface area contributed by atoms with Crippen molar-refractivity contribution in [1.82, 2.24) is 10.2 Å². The number of carbonyl (C=O) groups is 2. The Labute approximate surface area is 193 Å². The molecule has 0 bridgehead atoms. The van der Waals surface area contributed by atoms with Gasteiger partial charge in [-0.25, -0.2) is 9.18 Å². The van der Waals surface area contributed by atoms with Gasteiger partial charge in [0.1, 0.15) is 23.7 Å². The van der Waals surface area contributed by atoms with Gasteiger partial charge in [0.25, 0.3) is 0 Å². The second-order valence-corrected chi connectivity index (χ2v) is 10.0. The maximum atomic E-state index is 14.0. The molecule has 2 N–H and O–H groups in total. The molecular weight excluding hydrogens is 423 g/mol. The van der Waals surface area contributed by atoms with Gasteiger partial charge in [-0.05, 0) is 54.9 Å². The number of rotatable bonds is 4. The number of carboxylic acid groups (broad SMARTS) is 1. The first-order valence-corrected chi connectivity index (χ1v) is 11.4. The minimum absolute atomic E-state index is 0.0631. The first kappa shape index (κ1) is 23.1. The van der Waals surface area contributed by atoms with Crippen molar-refractivity contribution in [2.75, 3.05) is 6.54 Å². The zero-order chi connectivity index (χ0) is 23.9. The number of hydrogen-bond donors (Lipinski definition) is 2. The van der Waals surface area contributed by atoms with E-state index in [0.717, 1.165) is 12.0 Å². The number of nitrogens with one attached hydrogen (secondary N) is 1. The summed E-state index contributed by atoms with van der Waals surface area (Å²) in [6.45, 7) is 6.66. The number of nitrogens with zero attached hydrogens (tertiary/aromatic N) is 1. The van der Waals surface area contributed by atoms with Gasteiger partial charge in [0.2, 0.25) is 5.91 Å². The van der Waals surface area contributed by atoms with E-state index in [1.54, 1.807) is 24.3 Å². The summed E-state index contributed by atoms with van der Waals surface area (Å²) in [7, 11) is 0. The van der Waals surface area contributed by atoms with E-state index >= 15 is 0 Å². The lowest BCUT2D eigenvalue weighted by atomic mass is 9.67. The third-order valence-electron chi connectivity index (χ3n) is 7.28. The summed E-state index contributed by atoms with van der Waals surface area (Å²) in [5.41, 5.74) is -1.29. The molecule has 1 spiro atoms. The van der Waals surface area contributed by atoms with Crippen LogP contribution < -0.4 is 10.1 Å². The van der Waals surface area contributed by atoms with Crippen molar-refractivity contribution in [2.45, 2.75) is 64.1 Å². The van der Waals surface area contributed by atoms with Crippen LogP contribution in [-0.4, -0.2) is 34.1 Å². The molecule has 2 aliphatic heterocycles. The maximum Gasteiger partial charge on any atom is 0.408 e. The fourth-order valence-electron chi connectivity index (χ4n) is 5.67. The molecule has 2 saturated heterocycles. The van der Waals surface area contributed by atoms with Gasteiger partial charge < -0.3 is 15.2 Å². The van der Waals surface area contributed by atoms with Crippen LogP contribution in [0.1, 0.15) is 57.6 Å². The number of piperidine rings is 1. The second kappa shape index (κ2) is 8.36. The van der Waals surface area contributed by atoms with Crippen molar-refractivity contribution < 1.29 is 23.8 Å². The van der Waals surface area contributed by atoms with E-state index in [1.165, 1.54) is 11.0 Å². The minimum Gasteiger partial charge on any atom is -0.489 e. The van der Waals surface area contributed by atoms with Gasteiger partial charge >= 0.3 is 6.09 Å². The largest absolute Gasteiger partial charge is 0.489 e. The highest BCUT2D eigenvalue weighted by Crippen LogP contribution is 2.58. The standard InChI is InChI=1S/C26H31FN2O4/c1-24(2,3)26(14-13-25(29(26)23(31)32)12-7-15-28-22(25)30)19-9-6-10-20(16-19)33-17-18-8-4-5-11-21(18)27/h4-6,8-11,16H,7,12-15,17H2,1-3H3,(H,28,30)(H,31,32)/t25-,26-/m0/s1. The lowest BCUT2D eigenvalue weighted by molar-refractivity contribution is -0.138. The molecule has 33 heavy (non-hydrogen) atoms. The molecule has 0 aromatic heterocycles. The Hall–Kier alpha value is -3.09. The van der Waals surface area contributed by atoms with E-state index < -0.39 is 22.6 Å². The van der Waals surface area contributed by atoms with Crippen LogP contribution in [0.3, 0.4) is 0 Å². The number of likely N-dealkylation sites (tertiary alicyclic amines) is 1. The Balaban J connectivity index is 1.75. The molecule has 2 aliphatic rings. The lowest BCUT2D eigenvalue weighted by Crippen LogP contribution is -2.66. The molecule has 2 atom stereocenters. The summed E-state index contributed by atoms with van der Waals surface area (Å²) in [6.07, 6.45) is 1.13. The number of benzene rings is 2. The average molecular weight is 455 g/mol. The van der Waals surface area contributed by atoms with Gasteiger partial charge in [-0.1, -0.05) is 51.1 Å². The van der Waals surface area contributed by atoms with E-state index in [1.807, 2.05) is 39.0 Å². The fraction of sp³-hybridized carbons (Fsp3) is 0.462. The second-order valence-electron chi connectivity index (χ2n) is 10.0. The quantitative estimate of drug-likeness (QED) is 0.676. The number of ether oxygens (including phenoxy) is 1. The first-order valence-electron chi connectivity index (χ1n) is 11.4. The number of carbonyl (C=O) groups excluding carboxylic acids is 1. The van der Waals surface area contributed by atoms with E-state index in [2.05, 4.69) is 5.32 Å². The van der Waals surface area contributed by atoms with Crippen LogP contribution in [0.15, 0.2) is 48.5 Å². The summed E-state index contributed by atoms with van der Waals surface area (Å²) in [4.78, 5) is 27.2. The van der Waals surface area contributed by atoms with Crippen molar-refractivity contribution in [3.8, 4) is 5.75 Å². The summed E-state index contributed by atoms with van der Waals surface area (Å²) >= 11 is 0. The molecule has 7 heteroatoms. The summed E-state index contributed by atoms with van der Waals surface area (Å²) in [5.74, 6) is -0.0223. The molecule has 2 heterocycles. The molecule has 176 valence electrons. The zero-order valence-electron chi connectivity index (χ0n) is 19.4. The summed E-state index contributed by atoms with van der Waals surface area (Å²) in [6, 6.07) is 13.8. The van der Waals surface area contributed by atoms with Crippen LogP contribution in [0.5, 0.6) is 5.75 Å². The Morgan fingerprint density at radius 2 is 1.91 bits per heavy atom. The SMILES string of the molecule is CC(C)(C)[C@@]1(c2cccc(OCc3ccccc3F)c2)CC[C@]2(CCCNC2=O)N1C(=O)O. The molecule has 0 saturated carbocycles. The monoisotopic (exact) mass is 454 g/mol. The van der Waals surface area contributed by atoms with Crippen LogP contribution in [0.4, 0.5) is 9.18 Å². The van der Waals surface area contributed by atoms with E-state index in [0.29, 0.717) is 37.1 Å². The van der Waals surface area contributed by atoms with E-state index in [4.69, 9.17) is 4.74 Å². The number of halogens is 1. The van der Waals surface area contributed by atoms with E-state index in [9.17, 15) is 19.1 Å². The third-order valence-corrected chi connectivity index (χ3v) is 7.28. The molecule has 2 aromatic carbocycles. The van der Waals surface area contributed by atoms with Crippen LogP contribution in [-0.2, 0) is 16.9 Å². The van der Waals surface area contributed by atoms with E-state index in [-0.39, 0.29) is 18.3 Å². The minimum atomic E-state index is -1.10. The molecule has 2 fully saturated rings. The molecular formula is C26H31FN2O4. The smallest absolute Gasteiger partial charge is 0.408 e. The Morgan fingerprint density at radius 3 is 2.58 bits per heavy atom. The van der Waals surface area contributed by atoms with Gasteiger partial charge in [0.05, 0.1) is 5.54 Å². The Morgan fingerprint density at radius 1 is 1.15 bits per heavy atom. The highest BCUT2D eigenvalue weighted by atomic mass is 19.1. The summed E-state index contributed by atoms with van der Waals surface area (Å²) in [5, 5.41) is 13.3. The van der Waals surface area contributed by atoms with Gasteiger partial charge in [-0.3, -0.25) is 9.69 Å². The van der Waals surface area contributed by atoms with Gasteiger partial charge in [0, 0.05) is 12.1 Å². The highest BCUT2D eigenvalue weighted by molar-refractivity contribution is 5.91. The van der Waals surface area contributed by atoms with Gasteiger partial charge in [0.15, 0.2) is 0 Å². The molecule has 0 radical (unpaired) electrons. The van der Waals surface area contributed by atoms with Crippen molar-refractivity contribution in [2.24, 2.45) is 5.41 Å². The Kier molecular flexibility index (Phi) is 5.85. The molecule has 0 aliphatic carbocycles. The molecule has 2 aromatic rings. The van der Waals surface area contributed by atoms with Gasteiger partial charge in [-0.2, -0.15) is 0 Å². The Bertz CT molecular complexity index is 1070. The normalized spacial score (nSPS) is 25.2. The average Bonchev–Trinajstić information content (AvgIpc) is 3.13.